The molecule has 0 saturated heterocycles. The van der Waals surface area contributed by atoms with Crippen molar-refractivity contribution in [2.75, 3.05) is 0 Å². The van der Waals surface area contributed by atoms with Gasteiger partial charge in [-0.2, -0.15) is 23.7 Å². The molecule has 3 aliphatic rings. The Hall–Kier alpha value is -9.39. The van der Waals surface area contributed by atoms with Crippen molar-refractivity contribution in [3.63, 3.8) is 0 Å². The molecule has 10 aromatic rings. The average molecular weight is 1040 g/mol. The summed E-state index contributed by atoms with van der Waals surface area (Å²) in [7, 11) is 0. The topological polar surface area (TPSA) is 118 Å². The van der Waals surface area contributed by atoms with Gasteiger partial charge in [0.05, 0.1) is 11.1 Å². The monoisotopic (exact) mass is 1040 g/mol. The van der Waals surface area contributed by atoms with Crippen LogP contribution in [0.4, 0.5) is 13.2 Å². The predicted molar refractivity (Wildman–Crippen MR) is 298 cm³/mol. The Morgan fingerprint density at radius 1 is 0.443 bits per heavy atom. The molecule has 9 nitrogen and oxygen atoms in total. The molecule has 0 unspecified atom stereocenters. The molecule has 3 saturated carbocycles. The van der Waals surface area contributed by atoms with Crippen LogP contribution < -0.4 is 0 Å². The number of nitrogens with zero attached hydrogens (tertiary/aromatic N) is 8. The Bertz CT molecular complexity index is 3990. The van der Waals surface area contributed by atoms with Crippen LogP contribution in [0.1, 0.15) is 118 Å². The molecule has 3 aliphatic carbocycles. The minimum absolute atomic E-state index is 0.231. The number of benzene rings is 7. The normalized spacial score (nSPS) is 19.6. The van der Waals surface area contributed by atoms with Crippen LogP contribution in [0.3, 0.4) is 0 Å². The average Bonchev–Trinajstić information content (AvgIpc) is 4.45. The number of rotatable bonds is 13. The van der Waals surface area contributed by atoms with E-state index in [1.807, 2.05) is 43.0 Å². The van der Waals surface area contributed by atoms with Crippen molar-refractivity contribution in [1.29, 1.82) is 10.5 Å². The van der Waals surface area contributed by atoms with E-state index in [1.165, 1.54) is 28.8 Å². The summed E-state index contributed by atoms with van der Waals surface area (Å²) in [4.78, 5) is 26.1. The molecule has 3 aromatic heterocycles. The highest BCUT2D eigenvalue weighted by Gasteiger charge is 2.40. The zero-order valence-corrected chi connectivity index (χ0v) is 42.9. The summed E-state index contributed by atoms with van der Waals surface area (Å²) in [6, 6.07) is 59.4. The number of hydrogen-bond acceptors (Lipinski definition) is 6. The summed E-state index contributed by atoms with van der Waals surface area (Å²) < 4.78 is 45.5. The largest absolute Gasteiger partial charge is 0.454 e. The highest BCUT2D eigenvalue weighted by Crippen LogP contribution is 2.51. The van der Waals surface area contributed by atoms with Crippen LogP contribution in [-0.4, -0.2) is 40.6 Å². The molecule has 0 radical (unpaired) electrons. The van der Waals surface area contributed by atoms with E-state index in [1.54, 1.807) is 18.2 Å². The number of carbonyl (C=O) groups is 1. The van der Waals surface area contributed by atoms with Gasteiger partial charge < -0.3 is 9.13 Å². The molecule has 79 heavy (non-hydrogen) atoms. The van der Waals surface area contributed by atoms with Crippen LogP contribution in [0.2, 0.25) is 0 Å². The third kappa shape index (κ3) is 9.44. The smallest absolute Gasteiger partial charge is 0.328 e. The molecular formula is C67H51F3N8O. The quantitative estimate of drug-likeness (QED) is 0.106. The van der Waals surface area contributed by atoms with Crippen molar-refractivity contribution in [1.82, 2.24) is 28.7 Å². The second kappa shape index (κ2) is 20.2. The number of nitriles is 2. The van der Waals surface area contributed by atoms with E-state index in [0.29, 0.717) is 34.9 Å². The first-order chi connectivity index (χ1) is 38.5. The summed E-state index contributed by atoms with van der Waals surface area (Å²) in [5, 5.41) is 19.6. The second-order valence-corrected chi connectivity index (χ2v) is 21.4. The maximum Gasteiger partial charge on any atom is 0.454 e. The number of carbonyl (C=O) groups excluding carboxylic acids is 1. The number of ketones is 1. The fourth-order valence-electron chi connectivity index (χ4n) is 12.2. The van der Waals surface area contributed by atoms with Gasteiger partial charge in [0.25, 0.3) is 5.78 Å². The minimum atomic E-state index is -4.88. The third-order valence-electron chi connectivity index (χ3n) is 16.8. The zero-order chi connectivity index (χ0) is 53.8. The molecule has 3 heterocycles. The SMILES string of the molecule is N#Cc1ccc(-c2cc(C3CC(n4ccnc4-c4ccccc4)C3)cc(C3CC(n4ccnc4-c4cccc(-c5cccc(-n6ccnc6-c6ccc(C7CC(c8ccc(C(=O)C(F)(F)F)cc8)C7)cc6)c5)c4)C3)c2)cc1C#N. The molecule has 386 valence electrons. The predicted octanol–water partition coefficient (Wildman–Crippen LogP) is 16.0. The van der Waals surface area contributed by atoms with Gasteiger partial charge in [0.15, 0.2) is 0 Å². The maximum absolute atomic E-state index is 12.9. The van der Waals surface area contributed by atoms with Gasteiger partial charge in [-0.15, -0.1) is 0 Å². The molecule has 0 amide bonds. The van der Waals surface area contributed by atoms with Crippen molar-refractivity contribution in [2.24, 2.45) is 0 Å². The number of alkyl halides is 3. The van der Waals surface area contributed by atoms with Gasteiger partial charge in [-0.3, -0.25) is 9.36 Å². The molecule has 0 aliphatic heterocycles. The van der Waals surface area contributed by atoms with Crippen LogP contribution in [0.15, 0.2) is 201 Å². The summed E-state index contributed by atoms with van der Waals surface area (Å²) in [5.74, 6) is 2.21. The maximum atomic E-state index is 12.9. The van der Waals surface area contributed by atoms with E-state index in [2.05, 4.69) is 153 Å². The van der Waals surface area contributed by atoms with Crippen LogP contribution in [0, 0.1) is 22.7 Å². The minimum Gasteiger partial charge on any atom is -0.328 e. The fraction of sp³-hybridized carbons (Fsp3) is 0.194. The van der Waals surface area contributed by atoms with Crippen molar-refractivity contribution in [3.05, 3.63) is 240 Å². The lowest BCUT2D eigenvalue weighted by Gasteiger charge is -2.40. The molecule has 0 N–H and O–H groups in total. The van der Waals surface area contributed by atoms with E-state index in [0.717, 1.165) is 106 Å². The third-order valence-corrected chi connectivity index (χ3v) is 16.8. The van der Waals surface area contributed by atoms with Crippen LogP contribution in [0.25, 0.3) is 62.1 Å². The van der Waals surface area contributed by atoms with E-state index < -0.39 is 12.0 Å². The van der Waals surface area contributed by atoms with Crippen LogP contribution in [0.5, 0.6) is 0 Å². The molecule has 0 spiro atoms. The number of imidazole rings is 3. The Morgan fingerprint density at radius 2 is 0.937 bits per heavy atom. The van der Waals surface area contributed by atoms with Gasteiger partial charge in [0.2, 0.25) is 0 Å². The Balaban J connectivity index is 0.696. The highest BCUT2D eigenvalue weighted by atomic mass is 19.4. The van der Waals surface area contributed by atoms with Crippen molar-refractivity contribution >= 4 is 5.78 Å². The lowest BCUT2D eigenvalue weighted by molar-refractivity contribution is -0.0885. The van der Waals surface area contributed by atoms with Gasteiger partial charge in [-0.25, -0.2) is 15.0 Å². The summed E-state index contributed by atoms with van der Waals surface area (Å²) in [6.07, 6.45) is 12.6. The van der Waals surface area contributed by atoms with Crippen molar-refractivity contribution in [3.8, 4) is 74.2 Å². The lowest BCUT2D eigenvalue weighted by Crippen LogP contribution is -2.27. The molecule has 0 atom stereocenters. The van der Waals surface area contributed by atoms with Gasteiger partial charge >= 0.3 is 6.18 Å². The Morgan fingerprint density at radius 3 is 1.56 bits per heavy atom. The van der Waals surface area contributed by atoms with Crippen molar-refractivity contribution in [2.45, 2.75) is 80.5 Å². The first-order valence-corrected chi connectivity index (χ1v) is 26.8. The first-order valence-electron chi connectivity index (χ1n) is 26.8. The van der Waals surface area contributed by atoms with Gasteiger partial charge in [0.1, 0.15) is 29.6 Å². The van der Waals surface area contributed by atoms with E-state index in [9.17, 15) is 28.5 Å². The molecule has 7 aromatic carbocycles. The van der Waals surface area contributed by atoms with Gasteiger partial charge in [-0.1, -0.05) is 133 Å². The molecule has 12 heteroatoms. The molecule has 13 rings (SSSR count). The summed E-state index contributed by atoms with van der Waals surface area (Å²) in [6.45, 7) is 0. The van der Waals surface area contributed by atoms with E-state index >= 15 is 0 Å². The molecule has 3 fully saturated rings. The zero-order valence-electron chi connectivity index (χ0n) is 42.9. The van der Waals surface area contributed by atoms with Crippen LogP contribution in [-0.2, 0) is 0 Å². The fourth-order valence-corrected chi connectivity index (χ4v) is 12.2. The number of aromatic nitrogens is 6. The standard InChI is InChI=1S/C67H51F3N8O/c68-67(69,70)63(79)44-16-12-42(13-17-44)52-30-53(31-52)43-14-18-46(19-15-43)65-74-22-25-76(65)60-11-5-9-48(35-60)47-8-4-10-50(28-47)66-75-24-27-78(66)62-38-58(39-62)56-33-54(49-20-21-51(40-71)59(29-49)41-72)32-55(34-56)57-36-61(37-57)77-26-23-73-64(77)45-6-2-1-3-7-45/h1-29,32-35,52-53,57-58,61-62H,30-31,36-39H2. The summed E-state index contributed by atoms with van der Waals surface area (Å²) >= 11 is 0. The number of halogens is 3. The van der Waals surface area contributed by atoms with E-state index in [4.69, 9.17) is 15.0 Å². The Labute approximate surface area is 455 Å². The Kier molecular flexibility index (Phi) is 12.6. The summed E-state index contributed by atoms with van der Waals surface area (Å²) in [5.41, 5.74) is 13.5. The van der Waals surface area contributed by atoms with E-state index in [-0.39, 0.29) is 17.5 Å². The number of hydrogen-bond donors (Lipinski definition) is 0. The number of Topliss-reactive ketones (excluding diaryl/α,β-unsaturated/α-hetero) is 1. The molecular weight excluding hydrogens is 990 g/mol. The second-order valence-electron chi connectivity index (χ2n) is 21.4. The lowest BCUT2D eigenvalue weighted by atomic mass is 9.68. The van der Waals surface area contributed by atoms with Crippen LogP contribution >= 0.6 is 0 Å². The first kappa shape index (κ1) is 49.2. The van der Waals surface area contributed by atoms with Crippen molar-refractivity contribution < 1.29 is 18.0 Å². The van der Waals surface area contributed by atoms with Gasteiger partial charge in [-0.05, 0) is 137 Å². The highest BCUT2D eigenvalue weighted by molar-refractivity contribution is 6.00. The molecule has 0 bridgehead atoms. The van der Waals surface area contributed by atoms with Gasteiger partial charge in [0, 0.05) is 77.2 Å².